The van der Waals surface area contributed by atoms with E-state index in [0.717, 1.165) is 17.3 Å². The fourth-order valence-corrected chi connectivity index (χ4v) is 3.25. The second-order valence-electron chi connectivity index (χ2n) is 6.26. The van der Waals surface area contributed by atoms with Crippen LogP contribution in [0.3, 0.4) is 0 Å². The largest absolute Gasteiger partial charge is 0.493 e. The summed E-state index contributed by atoms with van der Waals surface area (Å²) in [4.78, 5) is 34.5. The van der Waals surface area contributed by atoms with Crippen LogP contribution in [0.2, 0.25) is 0 Å². The van der Waals surface area contributed by atoms with Crippen molar-refractivity contribution >= 4 is 35.8 Å². The zero-order valence-corrected chi connectivity index (χ0v) is 17.4. The van der Waals surface area contributed by atoms with Gasteiger partial charge in [0, 0.05) is 0 Å². The minimum absolute atomic E-state index is 0.0338. The number of nitrogens with one attached hydrogen (secondary N) is 4. The number of hydrazine groups is 1. The summed E-state index contributed by atoms with van der Waals surface area (Å²) in [5.74, 6) is 0.176. The van der Waals surface area contributed by atoms with Gasteiger partial charge in [-0.05, 0) is 29.3 Å². The van der Waals surface area contributed by atoms with E-state index >= 15 is 0 Å². The molecule has 0 bridgehead atoms. The molecule has 1 aliphatic rings. The molecule has 4 amide bonds. The van der Waals surface area contributed by atoms with Gasteiger partial charge in [-0.25, -0.2) is 15.6 Å². The molecule has 1 unspecified atom stereocenters. The van der Waals surface area contributed by atoms with Gasteiger partial charge in [-0.1, -0.05) is 30.3 Å². The zero-order chi connectivity index (χ0) is 22.1. The van der Waals surface area contributed by atoms with Crippen molar-refractivity contribution in [2.75, 3.05) is 12.9 Å². The second kappa shape index (κ2) is 11.0. The molecule has 1 atom stereocenters. The predicted molar refractivity (Wildman–Crippen MR) is 116 cm³/mol. The highest BCUT2D eigenvalue weighted by atomic mass is 32.2. The predicted octanol–water partition coefficient (Wildman–Crippen LogP) is 1.13. The molecular weight excluding hydrogens is 422 g/mol. The third-order valence-corrected chi connectivity index (χ3v) is 5.09. The van der Waals surface area contributed by atoms with Gasteiger partial charge >= 0.3 is 6.03 Å². The lowest BCUT2D eigenvalue weighted by atomic mass is 10.2. The maximum atomic E-state index is 11.9. The first-order valence-electron chi connectivity index (χ1n) is 9.20. The molecule has 1 heterocycles. The van der Waals surface area contributed by atoms with E-state index in [2.05, 4.69) is 26.7 Å². The summed E-state index contributed by atoms with van der Waals surface area (Å²) in [6, 6.07) is 14.4. The number of benzene rings is 2. The van der Waals surface area contributed by atoms with Gasteiger partial charge in [-0.2, -0.15) is 5.10 Å². The van der Waals surface area contributed by atoms with Crippen LogP contribution in [0, 0.1) is 0 Å². The van der Waals surface area contributed by atoms with Crippen LogP contribution in [-0.4, -0.2) is 42.3 Å². The molecule has 0 spiro atoms. The number of urea groups is 1. The minimum atomic E-state index is -0.764. The van der Waals surface area contributed by atoms with Crippen LogP contribution in [0.5, 0.6) is 11.5 Å². The summed E-state index contributed by atoms with van der Waals surface area (Å²) >= 11 is 1.01. The first kappa shape index (κ1) is 22.1. The highest BCUT2D eigenvalue weighted by molar-refractivity contribution is 8.01. The van der Waals surface area contributed by atoms with E-state index in [4.69, 9.17) is 9.47 Å². The number of hydrogen-bond donors (Lipinski definition) is 4. The van der Waals surface area contributed by atoms with Crippen LogP contribution in [-0.2, 0) is 16.2 Å². The average molecular weight is 443 g/mol. The lowest BCUT2D eigenvalue weighted by molar-refractivity contribution is -0.121. The van der Waals surface area contributed by atoms with Gasteiger partial charge < -0.3 is 9.47 Å². The number of imide groups is 1. The number of hydrogen-bond acceptors (Lipinski definition) is 8. The molecule has 0 aliphatic carbocycles. The Balaban J connectivity index is 1.48. The second-order valence-corrected chi connectivity index (χ2v) is 7.35. The van der Waals surface area contributed by atoms with Crippen LogP contribution >= 0.6 is 11.8 Å². The molecule has 2 aromatic carbocycles. The molecule has 4 N–H and O–H groups in total. The van der Waals surface area contributed by atoms with Crippen molar-refractivity contribution in [3.05, 3.63) is 59.7 Å². The summed E-state index contributed by atoms with van der Waals surface area (Å²) < 4.78 is 11.2. The molecule has 162 valence electrons. The van der Waals surface area contributed by atoms with E-state index in [9.17, 15) is 14.4 Å². The smallest absolute Gasteiger partial charge is 0.335 e. The number of methoxy groups -OCH3 is 1. The van der Waals surface area contributed by atoms with Crippen molar-refractivity contribution in [2.24, 2.45) is 5.10 Å². The Morgan fingerprint density at radius 1 is 1.19 bits per heavy atom. The molecule has 31 heavy (non-hydrogen) atoms. The lowest BCUT2D eigenvalue weighted by Crippen LogP contribution is -2.61. The van der Waals surface area contributed by atoms with Crippen molar-refractivity contribution in [2.45, 2.75) is 12.0 Å². The fourth-order valence-electron chi connectivity index (χ4n) is 2.51. The maximum absolute atomic E-state index is 11.9. The molecule has 3 rings (SSSR count). The molecule has 0 saturated carbocycles. The van der Waals surface area contributed by atoms with Crippen LogP contribution in [0.25, 0.3) is 0 Å². The van der Waals surface area contributed by atoms with Gasteiger partial charge in [0.15, 0.2) is 16.9 Å². The van der Waals surface area contributed by atoms with E-state index in [1.165, 1.54) is 6.21 Å². The first-order chi connectivity index (χ1) is 15.0. The number of amides is 4. The fraction of sp³-hybridized carbons (Fsp3) is 0.200. The third kappa shape index (κ3) is 6.73. The third-order valence-electron chi connectivity index (χ3n) is 4.00. The zero-order valence-electron chi connectivity index (χ0n) is 16.6. The summed E-state index contributed by atoms with van der Waals surface area (Å²) in [6.45, 7) is 0.413. The normalized spacial score (nSPS) is 15.8. The van der Waals surface area contributed by atoms with E-state index in [1.807, 2.05) is 30.3 Å². The molecule has 1 fully saturated rings. The highest BCUT2D eigenvalue weighted by Gasteiger charge is 2.26. The average Bonchev–Trinajstić information content (AvgIpc) is 2.78. The highest BCUT2D eigenvalue weighted by Crippen LogP contribution is 2.28. The van der Waals surface area contributed by atoms with E-state index < -0.39 is 23.2 Å². The Hall–Kier alpha value is -3.57. The minimum Gasteiger partial charge on any atom is -0.493 e. The van der Waals surface area contributed by atoms with Crippen molar-refractivity contribution in [1.82, 2.24) is 21.6 Å². The number of rotatable bonds is 9. The molecule has 1 saturated heterocycles. The van der Waals surface area contributed by atoms with Gasteiger partial charge in [-0.15, -0.1) is 11.8 Å². The Morgan fingerprint density at radius 2 is 2.00 bits per heavy atom. The Labute approximate surface area is 182 Å². The lowest BCUT2D eigenvalue weighted by Gasteiger charge is -2.22. The van der Waals surface area contributed by atoms with Gasteiger partial charge in [0.25, 0.3) is 5.91 Å². The van der Waals surface area contributed by atoms with Gasteiger partial charge in [0.1, 0.15) is 6.61 Å². The van der Waals surface area contributed by atoms with Crippen molar-refractivity contribution in [3.63, 3.8) is 0 Å². The monoisotopic (exact) mass is 443 g/mol. The van der Waals surface area contributed by atoms with Crippen molar-refractivity contribution in [3.8, 4) is 11.5 Å². The topological polar surface area (TPSA) is 130 Å². The van der Waals surface area contributed by atoms with Gasteiger partial charge in [0.2, 0.25) is 5.91 Å². The summed E-state index contributed by atoms with van der Waals surface area (Å²) in [6.07, 6.45) is 1.47. The van der Waals surface area contributed by atoms with Crippen molar-refractivity contribution in [1.29, 1.82) is 0 Å². The van der Waals surface area contributed by atoms with Gasteiger partial charge in [-0.3, -0.25) is 20.3 Å². The van der Waals surface area contributed by atoms with E-state index in [1.54, 1.807) is 25.3 Å². The molecule has 10 nitrogen and oxygen atoms in total. The Kier molecular flexibility index (Phi) is 7.85. The Bertz CT molecular complexity index is 970. The summed E-state index contributed by atoms with van der Waals surface area (Å²) in [7, 11) is 1.54. The van der Waals surface area contributed by atoms with Crippen LogP contribution in [0.15, 0.2) is 53.6 Å². The molecular formula is C20H21N5O5S. The van der Waals surface area contributed by atoms with E-state index in [0.29, 0.717) is 23.7 Å². The molecule has 0 aromatic heterocycles. The first-order valence-corrected chi connectivity index (χ1v) is 10.2. The maximum Gasteiger partial charge on any atom is 0.335 e. The molecule has 11 heteroatoms. The number of hydrazone groups is 1. The van der Waals surface area contributed by atoms with Gasteiger partial charge in [0.05, 0.1) is 19.1 Å². The summed E-state index contributed by atoms with van der Waals surface area (Å²) in [5.41, 5.74) is 8.89. The van der Waals surface area contributed by atoms with E-state index in [-0.39, 0.29) is 5.75 Å². The standard InChI is InChI=1S/C20H21N5O5S/c1-29-16-9-14(7-8-15(16)30-11-13-5-3-2-4-6-13)10-21-23-17(26)12-31-19-18(27)22-20(28)25-24-19/h2-10,19,24H,11-12H2,1H3,(H,23,26)(H2,22,25,27,28)/b21-10+. The number of carbonyl (C=O) groups excluding carboxylic acids is 3. The van der Waals surface area contributed by atoms with Crippen LogP contribution in [0.4, 0.5) is 4.79 Å². The number of carbonyl (C=O) groups is 3. The van der Waals surface area contributed by atoms with Crippen LogP contribution < -0.4 is 31.1 Å². The molecule has 0 radical (unpaired) electrons. The number of nitrogens with zero attached hydrogens (tertiary/aromatic N) is 1. The molecule has 2 aromatic rings. The summed E-state index contributed by atoms with van der Waals surface area (Å²) in [5, 5.41) is 5.24. The number of thioether (sulfide) groups is 1. The van der Waals surface area contributed by atoms with Crippen molar-refractivity contribution < 1.29 is 23.9 Å². The Morgan fingerprint density at radius 3 is 2.74 bits per heavy atom. The quantitative estimate of drug-likeness (QED) is 0.338. The molecule has 1 aliphatic heterocycles. The van der Waals surface area contributed by atoms with Crippen LogP contribution in [0.1, 0.15) is 11.1 Å². The number of ether oxygens (including phenoxy) is 2. The SMILES string of the molecule is COc1cc(/C=N/NC(=O)CSC2NNC(=O)NC2=O)ccc1OCc1ccccc1.